The molecule has 55 heavy (non-hydrogen) atoms. The molecule has 3 nitrogen and oxygen atoms in total. The van der Waals surface area contributed by atoms with Gasteiger partial charge in [-0.3, -0.25) is 4.98 Å². The van der Waals surface area contributed by atoms with Gasteiger partial charge in [-0.15, -0.1) is 65.2 Å². The van der Waals surface area contributed by atoms with Crippen LogP contribution in [0.1, 0.15) is 95.0 Å². The first-order valence-electron chi connectivity index (χ1n) is 21.9. The number of aromatic nitrogens is 3. The van der Waals surface area contributed by atoms with Crippen LogP contribution < -0.4 is 5.19 Å². The van der Waals surface area contributed by atoms with E-state index >= 15 is 0 Å². The Morgan fingerprint density at radius 2 is 1.49 bits per heavy atom. The molecule has 5 heteroatoms. The van der Waals surface area contributed by atoms with Crippen LogP contribution in [0.15, 0.2) is 109 Å². The number of benzene rings is 5. The van der Waals surface area contributed by atoms with Crippen molar-refractivity contribution in [1.29, 1.82) is 0 Å². The smallest absolute Gasteiger partial charge is 0.0795 e. The van der Waals surface area contributed by atoms with E-state index in [-0.39, 0.29) is 43.1 Å². The summed E-state index contributed by atoms with van der Waals surface area (Å²) in [5.74, 6) is 1.26. The minimum atomic E-state index is -2.50. The fourth-order valence-electron chi connectivity index (χ4n) is 7.67. The minimum Gasteiger partial charge on any atom is -0.333 e. The van der Waals surface area contributed by atoms with Crippen molar-refractivity contribution in [1.82, 2.24) is 14.5 Å². The first kappa shape index (κ1) is 32.8. The molecule has 0 spiro atoms. The van der Waals surface area contributed by atoms with Gasteiger partial charge in [0.15, 0.2) is 0 Å². The second kappa shape index (κ2) is 15.6. The van der Waals surface area contributed by atoms with Gasteiger partial charge in [-0.25, -0.2) is 0 Å². The number of nitrogens with zero attached hydrogens (tertiary/aromatic N) is 3. The van der Waals surface area contributed by atoms with Crippen LogP contribution in [0.2, 0.25) is 19.6 Å². The standard InChI is InChI=1S/C36H37N2.C14H16NSi.Ir/c1-21(2)26-12-11-13-27(22(3)4)34(26)38-32-15-10-9-14-31(32)37-35(38)25-16-17-29-28(20-25)33-24(6)18-23(5)19-30(33)36(29,7)8;1-16(2,3)13-9-10-14(15-11-13)12-7-5-4-6-8-12;/h9-15,17-22H,1-8H3;4-7,9-11H,1-3H3;/q2*-1;/i5D3,6D3;;. The summed E-state index contributed by atoms with van der Waals surface area (Å²) in [5.41, 5.74) is 10.7. The number of para-hydroxylation sites is 3. The predicted octanol–water partition coefficient (Wildman–Crippen LogP) is 12.8. The second-order valence-electron chi connectivity index (χ2n) is 16.6. The zero-order valence-corrected chi connectivity index (χ0v) is 36.6. The van der Waals surface area contributed by atoms with Crippen molar-refractivity contribution < 1.29 is 28.3 Å². The topological polar surface area (TPSA) is 30.7 Å². The van der Waals surface area contributed by atoms with Gasteiger partial charge in [-0.1, -0.05) is 127 Å². The monoisotopic (exact) mass is 922 g/mol. The first-order valence-corrected chi connectivity index (χ1v) is 22.4. The van der Waals surface area contributed by atoms with Crippen LogP contribution in [0.25, 0.3) is 50.5 Å². The zero-order valence-electron chi connectivity index (χ0n) is 39.2. The Bertz CT molecular complexity index is 2660. The van der Waals surface area contributed by atoms with Gasteiger partial charge in [-0.05, 0) is 81.8 Å². The van der Waals surface area contributed by atoms with E-state index in [1.165, 1.54) is 22.4 Å². The molecule has 0 bridgehead atoms. The van der Waals surface area contributed by atoms with E-state index in [9.17, 15) is 0 Å². The fourth-order valence-corrected chi connectivity index (χ4v) is 8.70. The van der Waals surface area contributed by atoms with Crippen LogP contribution in [-0.2, 0) is 25.5 Å². The van der Waals surface area contributed by atoms with Gasteiger partial charge >= 0.3 is 0 Å². The third-order valence-electron chi connectivity index (χ3n) is 10.7. The van der Waals surface area contributed by atoms with Crippen LogP contribution in [0, 0.1) is 25.8 Å². The van der Waals surface area contributed by atoms with Crippen molar-refractivity contribution in [2.24, 2.45) is 0 Å². The van der Waals surface area contributed by atoms with Crippen molar-refractivity contribution in [2.75, 3.05) is 0 Å². The number of aryl methyl sites for hydroxylation is 2. The molecule has 2 heterocycles. The average Bonchev–Trinajstić information content (AvgIpc) is 3.69. The molecule has 0 fully saturated rings. The van der Waals surface area contributed by atoms with E-state index in [1.54, 1.807) is 6.07 Å². The molecule has 5 aromatic carbocycles. The summed E-state index contributed by atoms with van der Waals surface area (Å²) < 4.78 is 51.6. The molecular weight excluding hydrogens is 863 g/mol. The first-order chi connectivity index (χ1) is 28.1. The Balaban J connectivity index is 0.000000307. The molecule has 0 N–H and O–H groups in total. The number of fused-ring (bicyclic) bond motifs is 4. The molecule has 8 rings (SSSR count). The maximum absolute atomic E-state index is 8.40. The van der Waals surface area contributed by atoms with E-state index in [0.29, 0.717) is 11.1 Å². The van der Waals surface area contributed by atoms with Crippen molar-refractivity contribution in [3.8, 4) is 39.5 Å². The quantitative estimate of drug-likeness (QED) is 0.123. The summed E-state index contributed by atoms with van der Waals surface area (Å²) in [5, 5.41) is 1.40. The summed E-state index contributed by atoms with van der Waals surface area (Å²) in [6.07, 6.45) is 2.02. The fraction of sp³-hybridized carbons (Fsp3) is 0.280. The molecule has 1 radical (unpaired) electrons. The van der Waals surface area contributed by atoms with Gasteiger partial charge in [-0.2, -0.15) is 0 Å². The zero-order chi connectivity index (χ0) is 43.5. The Morgan fingerprint density at radius 1 is 0.764 bits per heavy atom. The third-order valence-corrected chi connectivity index (χ3v) is 12.7. The molecule has 283 valence electrons. The number of imidazole rings is 1. The Hall–Kier alpha value is -4.41. The Labute approximate surface area is 352 Å². The van der Waals surface area contributed by atoms with Gasteiger partial charge in [0.25, 0.3) is 0 Å². The van der Waals surface area contributed by atoms with Crippen molar-refractivity contribution >= 4 is 24.3 Å². The van der Waals surface area contributed by atoms with Crippen molar-refractivity contribution in [2.45, 2.75) is 92.1 Å². The van der Waals surface area contributed by atoms with Crippen LogP contribution in [0.3, 0.4) is 0 Å². The van der Waals surface area contributed by atoms with E-state index in [2.05, 4.69) is 105 Å². The molecule has 0 amide bonds. The normalized spacial score (nSPS) is 15.0. The molecule has 0 aliphatic heterocycles. The van der Waals surface area contributed by atoms with Gasteiger partial charge in [0.1, 0.15) is 0 Å². The summed E-state index contributed by atoms with van der Waals surface area (Å²) in [6, 6.07) is 40.5. The number of pyridine rings is 1. The molecule has 7 aromatic rings. The molecule has 0 saturated carbocycles. The number of rotatable bonds is 6. The molecule has 0 unspecified atom stereocenters. The van der Waals surface area contributed by atoms with Gasteiger partial charge in [0, 0.05) is 40.2 Å². The van der Waals surface area contributed by atoms with Crippen LogP contribution in [0.4, 0.5) is 0 Å². The minimum absolute atomic E-state index is 0. The van der Waals surface area contributed by atoms with E-state index < -0.39 is 27.2 Å². The number of hydrogen-bond donors (Lipinski definition) is 0. The Kier molecular flexibility index (Phi) is 9.31. The molecule has 2 aromatic heterocycles. The molecule has 1 aliphatic carbocycles. The van der Waals surface area contributed by atoms with Crippen LogP contribution >= 0.6 is 0 Å². The van der Waals surface area contributed by atoms with Gasteiger partial charge in [0.2, 0.25) is 0 Å². The molecular formula is C50H53IrN3Si-2. The second-order valence-corrected chi connectivity index (χ2v) is 21.6. The van der Waals surface area contributed by atoms with Crippen LogP contribution in [0.5, 0.6) is 0 Å². The van der Waals surface area contributed by atoms with E-state index in [0.717, 1.165) is 50.5 Å². The summed E-state index contributed by atoms with van der Waals surface area (Å²) in [4.78, 5) is 9.66. The summed E-state index contributed by atoms with van der Waals surface area (Å²) in [6.45, 7) is 14.9. The molecule has 1 aliphatic rings. The van der Waals surface area contributed by atoms with E-state index in [1.807, 2.05) is 74.6 Å². The van der Waals surface area contributed by atoms with E-state index in [4.69, 9.17) is 13.2 Å². The predicted molar refractivity (Wildman–Crippen MR) is 232 cm³/mol. The molecule has 0 saturated heterocycles. The third kappa shape index (κ3) is 7.60. The van der Waals surface area contributed by atoms with Gasteiger partial charge in [0.05, 0.1) is 24.9 Å². The summed E-state index contributed by atoms with van der Waals surface area (Å²) >= 11 is 0. The maximum atomic E-state index is 8.40. The maximum Gasteiger partial charge on any atom is 0.0795 e. The SMILES string of the molecule is C[Si](C)(C)c1ccc(-c2[c-]cccc2)nc1.[2H]C([2H])([2H])c1cc(C([2H])([2H])[2H])c2c(c1)C(C)(C)c1c[c-]c(-c3nc4ccccc4n3-c3c(C(C)C)cccc3C(C)C)cc1-2.[Ir]. The van der Waals surface area contributed by atoms with Crippen molar-refractivity contribution in [3.63, 3.8) is 0 Å². The Morgan fingerprint density at radius 3 is 2.11 bits per heavy atom. The largest absolute Gasteiger partial charge is 0.333 e. The van der Waals surface area contributed by atoms with Crippen molar-refractivity contribution in [3.05, 3.63) is 155 Å². The molecule has 0 atom stereocenters. The number of hydrogen-bond acceptors (Lipinski definition) is 2. The average molecular weight is 922 g/mol. The summed E-state index contributed by atoms with van der Waals surface area (Å²) in [7, 11) is -1.23. The van der Waals surface area contributed by atoms with Crippen LogP contribution in [-0.4, -0.2) is 22.6 Å². The van der Waals surface area contributed by atoms with Gasteiger partial charge < -0.3 is 9.55 Å².